The Morgan fingerprint density at radius 1 is 1.12 bits per heavy atom. The van der Waals surface area contributed by atoms with Gasteiger partial charge in [-0.2, -0.15) is 0 Å². The van der Waals surface area contributed by atoms with Gasteiger partial charge in [-0.15, -0.1) is 0 Å². The third-order valence-corrected chi connectivity index (χ3v) is 5.65. The minimum Gasteiger partial charge on any atom is -0.465 e. The van der Waals surface area contributed by atoms with Crippen LogP contribution in [0.2, 0.25) is 0 Å². The van der Waals surface area contributed by atoms with Gasteiger partial charge in [0.15, 0.2) is 0 Å². The van der Waals surface area contributed by atoms with Gasteiger partial charge in [0.25, 0.3) is 0 Å². The Labute approximate surface area is 155 Å². The number of sulfonamides is 1. The second-order valence-corrected chi connectivity index (χ2v) is 8.30. The number of amides is 1. The number of carbonyl (C=O) groups excluding carboxylic acids is 2. The number of likely N-dealkylation sites (tertiary alicyclic amines) is 1. The Balaban J connectivity index is 2.19. The number of para-hydroxylation sites is 1. The molecule has 0 spiro atoms. The molecule has 0 aromatic heterocycles. The molecule has 0 bridgehead atoms. The molecule has 1 saturated heterocycles. The van der Waals surface area contributed by atoms with E-state index < -0.39 is 16.0 Å². The molecule has 7 nitrogen and oxygen atoms in total. The molecule has 2 rings (SSSR count). The number of nitrogens with zero attached hydrogens (tertiary/aromatic N) is 2. The number of ether oxygens (including phenoxy) is 1. The van der Waals surface area contributed by atoms with Gasteiger partial charge in [-0.1, -0.05) is 25.0 Å². The van der Waals surface area contributed by atoms with Crippen molar-refractivity contribution in [3.05, 3.63) is 29.8 Å². The van der Waals surface area contributed by atoms with Crippen molar-refractivity contribution in [1.82, 2.24) is 4.90 Å². The SMILES string of the molecule is COC(=O)c1ccccc1N(CCC(=O)N1CCCCCC1)S(C)(=O)=O. The summed E-state index contributed by atoms with van der Waals surface area (Å²) < 4.78 is 30.4. The van der Waals surface area contributed by atoms with Gasteiger partial charge >= 0.3 is 5.97 Å². The van der Waals surface area contributed by atoms with Crippen molar-refractivity contribution in [2.24, 2.45) is 0 Å². The van der Waals surface area contributed by atoms with E-state index in [4.69, 9.17) is 4.74 Å². The highest BCUT2D eigenvalue weighted by molar-refractivity contribution is 7.92. The highest BCUT2D eigenvalue weighted by Crippen LogP contribution is 2.24. The molecule has 0 aliphatic carbocycles. The number of esters is 1. The lowest BCUT2D eigenvalue weighted by molar-refractivity contribution is -0.130. The van der Waals surface area contributed by atoms with Crippen LogP contribution in [0.3, 0.4) is 0 Å². The summed E-state index contributed by atoms with van der Waals surface area (Å²) in [6.07, 6.45) is 5.33. The smallest absolute Gasteiger partial charge is 0.340 e. The highest BCUT2D eigenvalue weighted by atomic mass is 32.2. The first-order valence-electron chi connectivity index (χ1n) is 8.77. The molecule has 8 heteroatoms. The van der Waals surface area contributed by atoms with Crippen molar-refractivity contribution >= 4 is 27.6 Å². The Bertz CT molecular complexity index is 740. The van der Waals surface area contributed by atoms with Crippen molar-refractivity contribution in [3.63, 3.8) is 0 Å². The second-order valence-electron chi connectivity index (χ2n) is 6.39. The minimum absolute atomic E-state index is 0.0117. The zero-order valence-electron chi connectivity index (χ0n) is 15.3. The average Bonchev–Trinajstić information content (AvgIpc) is 2.89. The van der Waals surface area contributed by atoms with Crippen LogP contribution >= 0.6 is 0 Å². The average molecular weight is 382 g/mol. The van der Waals surface area contributed by atoms with Gasteiger partial charge < -0.3 is 9.64 Å². The maximum Gasteiger partial charge on any atom is 0.340 e. The highest BCUT2D eigenvalue weighted by Gasteiger charge is 2.25. The normalized spacial score (nSPS) is 15.2. The monoisotopic (exact) mass is 382 g/mol. The molecule has 1 fully saturated rings. The molecule has 1 heterocycles. The van der Waals surface area contributed by atoms with Crippen molar-refractivity contribution in [2.75, 3.05) is 37.3 Å². The number of anilines is 1. The van der Waals surface area contributed by atoms with Crippen molar-refractivity contribution < 1.29 is 22.7 Å². The molecule has 0 atom stereocenters. The summed E-state index contributed by atoms with van der Waals surface area (Å²) in [7, 11) is -2.42. The van der Waals surface area contributed by atoms with Gasteiger partial charge in [0.2, 0.25) is 15.9 Å². The number of carbonyl (C=O) groups is 2. The first-order valence-corrected chi connectivity index (χ1v) is 10.6. The van der Waals surface area contributed by atoms with Crippen LogP contribution in [0.1, 0.15) is 42.5 Å². The summed E-state index contributed by atoms with van der Waals surface area (Å²) in [5.74, 6) is -0.677. The first-order chi connectivity index (χ1) is 12.3. The topological polar surface area (TPSA) is 84.0 Å². The molecule has 0 N–H and O–H groups in total. The van der Waals surface area contributed by atoms with Crippen molar-refractivity contribution in [2.45, 2.75) is 32.1 Å². The predicted octanol–water partition coefficient (Wildman–Crippen LogP) is 2.03. The summed E-state index contributed by atoms with van der Waals surface area (Å²) in [6.45, 7) is 1.43. The van der Waals surface area contributed by atoms with Crippen molar-refractivity contribution in [3.8, 4) is 0 Å². The molecule has 1 amide bonds. The molecule has 0 unspecified atom stereocenters. The molecule has 26 heavy (non-hydrogen) atoms. The van der Waals surface area contributed by atoms with Gasteiger partial charge in [0.1, 0.15) is 0 Å². The fourth-order valence-electron chi connectivity index (χ4n) is 3.11. The fourth-order valence-corrected chi connectivity index (χ4v) is 4.05. The number of benzene rings is 1. The second kappa shape index (κ2) is 9.02. The predicted molar refractivity (Wildman–Crippen MR) is 99.6 cm³/mol. The standard InChI is InChI=1S/C18H26N2O5S/c1-25-18(22)15-9-5-6-10-16(15)20(26(2,23)24)14-11-17(21)19-12-7-3-4-8-13-19/h5-6,9-10H,3-4,7-8,11-14H2,1-2H3. The van der Waals surface area contributed by atoms with Gasteiger partial charge in [0.05, 0.1) is 24.6 Å². The Kier molecular flexibility index (Phi) is 7.02. The van der Waals surface area contributed by atoms with E-state index in [1.54, 1.807) is 23.1 Å². The number of rotatable bonds is 6. The summed E-state index contributed by atoms with van der Waals surface area (Å²) in [5, 5.41) is 0. The van der Waals surface area contributed by atoms with Crippen LogP contribution in [0.25, 0.3) is 0 Å². The third-order valence-electron chi connectivity index (χ3n) is 4.47. The van der Waals surface area contributed by atoms with E-state index in [-0.39, 0.29) is 30.1 Å². The van der Waals surface area contributed by atoms with E-state index in [9.17, 15) is 18.0 Å². The number of hydrogen-bond donors (Lipinski definition) is 0. The largest absolute Gasteiger partial charge is 0.465 e. The molecule has 1 aliphatic heterocycles. The molecule has 1 aromatic carbocycles. The summed E-state index contributed by atoms with van der Waals surface area (Å²) in [6, 6.07) is 6.34. The van der Waals surface area contributed by atoms with Crippen LogP contribution < -0.4 is 4.31 Å². The first kappa shape index (κ1) is 20.2. The quantitative estimate of drug-likeness (QED) is 0.703. The Hall–Kier alpha value is -2.09. The number of hydrogen-bond acceptors (Lipinski definition) is 5. The molecule has 1 aromatic rings. The summed E-state index contributed by atoms with van der Waals surface area (Å²) >= 11 is 0. The van der Waals surface area contributed by atoms with Crippen LogP contribution in [0.15, 0.2) is 24.3 Å². The maximum atomic E-state index is 12.5. The van der Waals surface area contributed by atoms with Crippen LogP contribution in [-0.2, 0) is 19.6 Å². The lowest BCUT2D eigenvalue weighted by atomic mass is 10.1. The molecule has 0 saturated carbocycles. The molecule has 1 aliphatic rings. The zero-order chi connectivity index (χ0) is 19.2. The molecule has 0 radical (unpaired) electrons. The fraction of sp³-hybridized carbons (Fsp3) is 0.556. The minimum atomic E-state index is -3.66. The maximum absolute atomic E-state index is 12.5. The summed E-state index contributed by atoms with van der Waals surface area (Å²) in [5.41, 5.74) is 0.383. The molecular weight excluding hydrogens is 356 g/mol. The van der Waals surface area contributed by atoms with Crippen LogP contribution in [0.5, 0.6) is 0 Å². The third kappa shape index (κ3) is 5.20. The van der Waals surface area contributed by atoms with E-state index in [1.165, 1.54) is 13.2 Å². The van der Waals surface area contributed by atoms with Crippen molar-refractivity contribution in [1.29, 1.82) is 0 Å². The summed E-state index contributed by atoms with van der Waals surface area (Å²) in [4.78, 5) is 26.3. The zero-order valence-corrected chi connectivity index (χ0v) is 16.1. The molecule has 144 valence electrons. The lowest BCUT2D eigenvalue weighted by Crippen LogP contribution is -2.37. The van der Waals surface area contributed by atoms with Crippen LogP contribution in [0, 0.1) is 0 Å². The van der Waals surface area contributed by atoms with E-state index in [2.05, 4.69) is 0 Å². The van der Waals surface area contributed by atoms with E-state index in [0.29, 0.717) is 0 Å². The van der Waals surface area contributed by atoms with Gasteiger partial charge in [-0.3, -0.25) is 9.10 Å². The Morgan fingerprint density at radius 3 is 2.31 bits per heavy atom. The number of methoxy groups -OCH3 is 1. The Morgan fingerprint density at radius 2 is 1.73 bits per heavy atom. The van der Waals surface area contributed by atoms with E-state index in [0.717, 1.165) is 49.3 Å². The van der Waals surface area contributed by atoms with Gasteiger partial charge in [-0.05, 0) is 25.0 Å². The van der Waals surface area contributed by atoms with Gasteiger partial charge in [0, 0.05) is 26.1 Å². The molecular formula is C18H26N2O5S. The van der Waals surface area contributed by atoms with Crippen LogP contribution in [0.4, 0.5) is 5.69 Å². The van der Waals surface area contributed by atoms with E-state index in [1.807, 2.05) is 0 Å². The van der Waals surface area contributed by atoms with E-state index >= 15 is 0 Å². The lowest BCUT2D eigenvalue weighted by Gasteiger charge is -2.26. The van der Waals surface area contributed by atoms with Crippen LogP contribution in [-0.4, -0.2) is 58.2 Å². The van der Waals surface area contributed by atoms with Gasteiger partial charge in [-0.25, -0.2) is 13.2 Å².